The number of rotatable bonds is 4. The molecule has 0 aliphatic heterocycles. The van der Waals surface area contributed by atoms with E-state index in [2.05, 4.69) is 5.32 Å². The third-order valence-corrected chi connectivity index (χ3v) is 5.25. The fourth-order valence-corrected chi connectivity index (χ4v) is 3.93. The summed E-state index contributed by atoms with van der Waals surface area (Å²) in [6.07, 6.45) is 4.53. The van der Waals surface area contributed by atoms with Gasteiger partial charge in [0.25, 0.3) is 5.91 Å². The van der Waals surface area contributed by atoms with Crippen molar-refractivity contribution in [2.75, 3.05) is 6.54 Å². The minimum absolute atomic E-state index is 0.0196. The van der Waals surface area contributed by atoms with Crippen LogP contribution in [0.2, 0.25) is 10.0 Å². The van der Waals surface area contributed by atoms with E-state index in [0.717, 1.165) is 18.9 Å². The topological polar surface area (TPSA) is 89.3 Å². The van der Waals surface area contributed by atoms with Gasteiger partial charge < -0.3 is 5.32 Å². The highest BCUT2D eigenvalue weighted by Crippen LogP contribution is 2.29. The molecule has 0 atom stereocenters. The second-order valence-electron chi connectivity index (χ2n) is 5.17. The van der Waals surface area contributed by atoms with Crippen molar-refractivity contribution in [1.29, 1.82) is 0 Å². The highest BCUT2D eigenvalue weighted by molar-refractivity contribution is 7.89. The van der Waals surface area contributed by atoms with Crippen molar-refractivity contribution in [1.82, 2.24) is 5.32 Å². The van der Waals surface area contributed by atoms with Crippen LogP contribution in [-0.4, -0.2) is 20.9 Å². The molecule has 1 aliphatic rings. The largest absolute Gasteiger partial charge is 0.352 e. The van der Waals surface area contributed by atoms with Gasteiger partial charge >= 0.3 is 0 Å². The Morgan fingerprint density at radius 1 is 1.29 bits per heavy atom. The fourth-order valence-electron chi connectivity index (χ4n) is 2.48. The van der Waals surface area contributed by atoms with Crippen LogP contribution in [0.25, 0.3) is 0 Å². The molecule has 1 aromatic carbocycles. The van der Waals surface area contributed by atoms with Crippen LogP contribution in [0.15, 0.2) is 17.0 Å². The van der Waals surface area contributed by atoms with E-state index in [1.807, 2.05) is 0 Å². The monoisotopic (exact) mass is 350 g/mol. The van der Waals surface area contributed by atoms with Crippen molar-refractivity contribution in [3.8, 4) is 0 Å². The third kappa shape index (κ3) is 4.10. The zero-order chi connectivity index (χ0) is 15.6. The second kappa shape index (κ2) is 6.52. The molecule has 0 spiro atoms. The predicted molar refractivity (Wildman–Crippen MR) is 82.1 cm³/mol. The van der Waals surface area contributed by atoms with Crippen molar-refractivity contribution in [3.63, 3.8) is 0 Å². The zero-order valence-electron chi connectivity index (χ0n) is 11.2. The van der Waals surface area contributed by atoms with Gasteiger partial charge in [-0.2, -0.15) is 0 Å². The van der Waals surface area contributed by atoms with Gasteiger partial charge in [0.2, 0.25) is 10.0 Å². The molecule has 1 aliphatic carbocycles. The van der Waals surface area contributed by atoms with Gasteiger partial charge in [0, 0.05) is 11.6 Å². The summed E-state index contributed by atoms with van der Waals surface area (Å²) in [5.41, 5.74) is 0.0196. The van der Waals surface area contributed by atoms with Crippen molar-refractivity contribution < 1.29 is 13.2 Å². The standard InChI is InChI=1S/C13H16Cl2N2O3S/c14-9-5-10(12(15)11(6-9)21(16,19)20)13(18)17-7-8-3-1-2-4-8/h5-6,8H,1-4,7H2,(H,17,18)(H2,16,19,20). The van der Waals surface area contributed by atoms with Gasteiger partial charge in [-0.05, 0) is 30.9 Å². The summed E-state index contributed by atoms with van der Waals surface area (Å²) >= 11 is 11.8. The lowest BCUT2D eigenvalue weighted by molar-refractivity contribution is 0.0947. The van der Waals surface area contributed by atoms with Crippen LogP contribution in [0.3, 0.4) is 0 Å². The smallest absolute Gasteiger partial charge is 0.252 e. The summed E-state index contributed by atoms with van der Waals surface area (Å²) in [6.45, 7) is 0.548. The Kier molecular flexibility index (Phi) is 5.14. The molecule has 116 valence electrons. The number of nitrogens with one attached hydrogen (secondary N) is 1. The first-order valence-electron chi connectivity index (χ1n) is 6.59. The molecular weight excluding hydrogens is 335 g/mol. The number of benzene rings is 1. The molecule has 5 nitrogen and oxygen atoms in total. The fraction of sp³-hybridized carbons (Fsp3) is 0.462. The second-order valence-corrected chi connectivity index (χ2v) is 7.52. The number of carbonyl (C=O) groups excluding carboxylic acids is 1. The van der Waals surface area contributed by atoms with Crippen LogP contribution < -0.4 is 10.5 Å². The molecule has 1 amide bonds. The van der Waals surface area contributed by atoms with Gasteiger partial charge in [0.1, 0.15) is 4.90 Å². The molecule has 8 heteroatoms. The Bertz CT molecular complexity index is 656. The van der Waals surface area contributed by atoms with E-state index in [1.54, 1.807) is 0 Å². The average molecular weight is 351 g/mol. The average Bonchev–Trinajstić information content (AvgIpc) is 2.90. The molecule has 2 rings (SSSR count). The molecule has 1 fully saturated rings. The van der Waals surface area contributed by atoms with Crippen LogP contribution >= 0.6 is 23.2 Å². The Morgan fingerprint density at radius 2 is 1.90 bits per heavy atom. The highest BCUT2D eigenvalue weighted by Gasteiger charge is 2.22. The van der Waals surface area contributed by atoms with Crippen LogP contribution in [-0.2, 0) is 10.0 Å². The Morgan fingerprint density at radius 3 is 2.48 bits per heavy atom. The first-order chi connectivity index (χ1) is 9.79. The third-order valence-electron chi connectivity index (χ3n) is 3.58. The lowest BCUT2D eigenvalue weighted by Crippen LogP contribution is -2.29. The van der Waals surface area contributed by atoms with Crippen molar-refractivity contribution >= 4 is 39.1 Å². The Labute approximate surface area is 133 Å². The van der Waals surface area contributed by atoms with E-state index < -0.39 is 15.9 Å². The molecule has 0 aromatic heterocycles. The normalized spacial score (nSPS) is 16.1. The number of hydrogen-bond acceptors (Lipinski definition) is 3. The summed E-state index contributed by atoms with van der Waals surface area (Å²) in [5.74, 6) is 0.0175. The van der Waals surface area contributed by atoms with E-state index in [1.165, 1.54) is 18.9 Å². The summed E-state index contributed by atoms with van der Waals surface area (Å²) < 4.78 is 22.9. The molecule has 1 aromatic rings. The molecule has 3 N–H and O–H groups in total. The highest BCUT2D eigenvalue weighted by atomic mass is 35.5. The van der Waals surface area contributed by atoms with Gasteiger partial charge in [-0.15, -0.1) is 0 Å². The molecule has 0 bridgehead atoms. The Balaban J connectivity index is 2.22. The van der Waals surface area contributed by atoms with Gasteiger partial charge in [-0.25, -0.2) is 13.6 Å². The zero-order valence-corrected chi connectivity index (χ0v) is 13.6. The number of sulfonamides is 1. The molecule has 0 saturated heterocycles. The number of halogens is 2. The van der Waals surface area contributed by atoms with Crippen LogP contribution in [0.5, 0.6) is 0 Å². The number of nitrogens with two attached hydrogens (primary N) is 1. The van der Waals surface area contributed by atoms with E-state index >= 15 is 0 Å². The van der Waals surface area contributed by atoms with Crippen LogP contribution in [0, 0.1) is 5.92 Å². The maximum absolute atomic E-state index is 12.2. The van der Waals surface area contributed by atoms with E-state index in [0.29, 0.717) is 12.5 Å². The molecule has 1 saturated carbocycles. The summed E-state index contributed by atoms with van der Waals surface area (Å²) in [6, 6.07) is 2.47. The van der Waals surface area contributed by atoms with Gasteiger partial charge in [0.05, 0.1) is 10.6 Å². The maximum Gasteiger partial charge on any atom is 0.252 e. The molecule has 0 heterocycles. The molecule has 0 radical (unpaired) electrons. The van der Waals surface area contributed by atoms with Gasteiger partial charge in [-0.1, -0.05) is 36.0 Å². The lowest BCUT2D eigenvalue weighted by Gasteiger charge is -2.13. The van der Waals surface area contributed by atoms with Crippen molar-refractivity contribution in [3.05, 3.63) is 27.7 Å². The maximum atomic E-state index is 12.2. The van der Waals surface area contributed by atoms with Gasteiger partial charge in [0.15, 0.2) is 0 Å². The summed E-state index contributed by atoms with van der Waals surface area (Å²) in [4.78, 5) is 11.8. The first-order valence-corrected chi connectivity index (χ1v) is 8.89. The summed E-state index contributed by atoms with van der Waals surface area (Å²) in [7, 11) is -4.04. The summed E-state index contributed by atoms with van der Waals surface area (Å²) in [5, 5.41) is 7.73. The first kappa shape index (κ1) is 16.5. The van der Waals surface area contributed by atoms with E-state index in [-0.39, 0.29) is 20.5 Å². The lowest BCUT2D eigenvalue weighted by atomic mass is 10.1. The Hall–Kier alpha value is -0.820. The number of primary sulfonamides is 1. The molecule has 21 heavy (non-hydrogen) atoms. The van der Waals surface area contributed by atoms with Gasteiger partial charge in [-0.3, -0.25) is 4.79 Å². The number of amides is 1. The molecule has 0 unspecified atom stereocenters. The van der Waals surface area contributed by atoms with Crippen molar-refractivity contribution in [2.45, 2.75) is 30.6 Å². The minimum atomic E-state index is -4.04. The SMILES string of the molecule is NS(=O)(=O)c1cc(Cl)cc(C(=O)NCC2CCCC2)c1Cl. The van der Waals surface area contributed by atoms with Crippen molar-refractivity contribution in [2.24, 2.45) is 11.1 Å². The minimum Gasteiger partial charge on any atom is -0.352 e. The quantitative estimate of drug-likeness (QED) is 0.874. The molecular formula is C13H16Cl2N2O3S. The van der Waals surface area contributed by atoms with Crippen LogP contribution in [0.1, 0.15) is 36.0 Å². The van der Waals surface area contributed by atoms with E-state index in [4.69, 9.17) is 28.3 Å². The number of carbonyl (C=O) groups is 1. The number of hydrogen-bond donors (Lipinski definition) is 2. The van der Waals surface area contributed by atoms with E-state index in [9.17, 15) is 13.2 Å². The van der Waals surface area contributed by atoms with Crippen LogP contribution in [0.4, 0.5) is 0 Å². The predicted octanol–water partition coefficient (Wildman–Crippen LogP) is 2.56.